The van der Waals surface area contributed by atoms with Crippen molar-refractivity contribution in [1.29, 1.82) is 0 Å². The fraction of sp³-hybridized carbons (Fsp3) is 0.227. The van der Waals surface area contributed by atoms with Crippen LogP contribution in [0.5, 0.6) is 11.5 Å². The van der Waals surface area contributed by atoms with Gasteiger partial charge in [0.1, 0.15) is 11.5 Å². The second-order valence-corrected chi connectivity index (χ2v) is 6.72. The highest BCUT2D eigenvalue weighted by Gasteiger charge is 2.13. The monoisotopic (exact) mass is 392 g/mol. The average molecular weight is 392 g/mol. The lowest BCUT2D eigenvalue weighted by Gasteiger charge is -2.07. The maximum absolute atomic E-state index is 12.2. The van der Waals surface area contributed by atoms with E-state index in [1.54, 1.807) is 32.4 Å². The van der Waals surface area contributed by atoms with Crippen LogP contribution in [0.2, 0.25) is 0 Å². The smallest absolute Gasteiger partial charge is 0.250 e. The standard InChI is InChI=1S/C22H24N4O3/c1-14(2)16-8-5-15(6-9-16)7-12-20(27)23-22-24-21(25-26-22)18-11-10-17(28-3)13-19(18)29-4/h5-14H,1-4H3,(H2,23,24,25,26,27)/b12-7+. The SMILES string of the molecule is COc1ccc(-c2nc(NC(=O)/C=C/c3ccc(C(C)C)cc3)n[nH]2)c(OC)c1. The molecule has 1 aromatic heterocycles. The highest BCUT2D eigenvalue weighted by atomic mass is 16.5. The van der Waals surface area contributed by atoms with E-state index in [0.717, 1.165) is 5.56 Å². The molecule has 1 amide bonds. The second-order valence-electron chi connectivity index (χ2n) is 6.72. The number of benzene rings is 2. The van der Waals surface area contributed by atoms with Crippen LogP contribution in [0, 0.1) is 0 Å². The Morgan fingerprint density at radius 3 is 2.52 bits per heavy atom. The van der Waals surface area contributed by atoms with Gasteiger partial charge >= 0.3 is 0 Å². The summed E-state index contributed by atoms with van der Waals surface area (Å²) in [6, 6.07) is 13.5. The van der Waals surface area contributed by atoms with E-state index in [1.807, 2.05) is 18.2 Å². The topological polar surface area (TPSA) is 89.1 Å². The van der Waals surface area contributed by atoms with E-state index in [4.69, 9.17) is 9.47 Å². The lowest BCUT2D eigenvalue weighted by Crippen LogP contribution is -2.09. The van der Waals surface area contributed by atoms with Gasteiger partial charge in [0.05, 0.1) is 19.8 Å². The van der Waals surface area contributed by atoms with E-state index < -0.39 is 0 Å². The van der Waals surface area contributed by atoms with E-state index in [1.165, 1.54) is 11.6 Å². The Labute approximate surface area is 169 Å². The van der Waals surface area contributed by atoms with Crippen LogP contribution in [0.4, 0.5) is 5.95 Å². The highest BCUT2D eigenvalue weighted by Crippen LogP contribution is 2.31. The van der Waals surface area contributed by atoms with Gasteiger partial charge in [-0.15, -0.1) is 5.10 Å². The minimum absolute atomic E-state index is 0.183. The number of methoxy groups -OCH3 is 2. The second kappa shape index (κ2) is 9.05. The molecule has 1 heterocycles. The summed E-state index contributed by atoms with van der Waals surface area (Å²) in [5.41, 5.74) is 2.92. The molecule has 0 aliphatic rings. The highest BCUT2D eigenvalue weighted by molar-refractivity contribution is 6.01. The number of carbonyl (C=O) groups is 1. The van der Waals surface area contributed by atoms with Crippen LogP contribution in [-0.2, 0) is 4.79 Å². The van der Waals surface area contributed by atoms with Gasteiger partial charge in [-0.2, -0.15) is 4.98 Å². The largest absolute Gasteiger partial charge is 0.497 e. The van der Waals surface area contributed by atoms with Gasteiger partial charge < -0.3 is 9.47 Å². The van der Waals surface area contributed by atoms with Crippen LogP contribution in [0.15, 0.2) is 48.5 Å². The number of nitrogens with zero attached hydrogens (tertiary/aromatic N) is 2. The van der Waals surface area contributed by atoms with E-state index in [0.29, 0.717) is 28.8 Å². The number of aromatic nitrogens is 3. The number of ether oxygens (including phenoxy) is 2. The summed E-state index contributed by atoms with van der Waals surface area (Å²) in [7, 11) is 3.15. The third-order valence-corrected chi connectivity index (χ3v) is 4.41. The summed E-state index contributed by atoms with van der Waals surface area (Å²) in [5, 5.41) is 9.50. The molecule has 0 atom stereocenters. The van der Waals surface area contributed by atoms with Crippen LogP contribution in [0.25, 0.3) is 17.5 Å². The first kappa shape index (κ1) is 20.1. The molecule has 2 aromatic carbocycles. The van der Waals surface area contributed by atoms with Gasteiger partial charge in [0.2, 0.25) is 5.95 Å². The van der Waals surface area contributed by atoms with Crippen LogP contribution in [0.1, 0.15) is 30.9 Å². The maximum Gasteiger partial charge on any atom is 0.250 e. The number of anilines is 1. The Morgan fingerprint density at radius 1 is 1.10 bits per heavy atom. The molecule has 3 aromatic rings. The number of hydrogen-bond donors (Lipinski definition) is 2. The molecular weight excluding hydrogens is 368 g/mol. The summed E-state index contributed by atoms with van der Waals surface area (Å²) in [5.74, 6) is 2.08. The summed E-state index contributed by atoms with van der Waals surface area (Å²) in [4.78, 5) is 16.5. The molecule has 0 bridgehead atoms. The van der Waals surface area contributed by atoms with Gasteiger partial charge in [-0.1, -0.05) is 38.1 Å². The summed E-state index contributed by atoms with van der Waals surface area (Å²) in [6.45, 7) is 4.29. The van der Waals surface area contributed by atoms with Crippen molar-refractivity contribution in [3.63, 3.8) is 0 Å². The lowest BCUT2D eigenvalue weighted by molar-refractivity contribution is -0.111. The molecule has 0 saturated carbocycles. The lowest BCUT2D eigenvalue weighted by atomic mass is 10.0. The zero-order valence-electron chi connectivity index (χ0n) is 16.9. The third kappa shape index (κ3) is 5.01. The van der Waals surface area contributed by atoms with Gasteiger partial charge in [-0.05, 0) is 35.3 Å². The molecule has 0 aliphatic carbocycles. The molecule has 7 nitrogen and oxygen atoms in total. The molecule has 150 valence electrons. The molecule has 2 N–H and O–H groups in total. The molecule has 0 radical (unpaired) electrons. The first-order valence-corrected chi connectivity index (χ1v) is 9.24. The molecule has 0 fully saturated rings. The van der Waals surface area contributed by atoms with Crippen molar-refractivity contribution in [2.45, 2.75) is 19.8 Å². The third-order valence-electron chi connectivity index (χ3n) is 4.41. The van der Waals surface area contributed by atoms with Crippen molar-refractivity contribution in [3.05, 3.63) is 59.7 Å². The normalized spacial score (nSPS) is 11.1. The Morgan fingerprint density at radius 2 is 1.86 bits per heavy atom. The molecule has 0 unspecified atom stereocenters. The number of carbonyl (C=O) groups excluding carboxylic acids is 1. The first-order valence-electron chi connectivity index (χ1n) is 9.24. The Bertz CT molecular complexity index is 1010. The van der Waals surface area contributed by atoms with Crippen molar-refractivity contribution >= 4 is 17.9 Å². The van der Waals surface area contributed by atoms with Gasteiger partial charge in [0.25, 0.3) is 5.91 Å². The Hall–Kier alpha value is -3.61. The van der Waals surface area contributed by atoms with E-state index in [2.05, 4.69) is 46.5 Å². The predicted octanol–water partition coefficient (Wildman–Crippen LogP) is 4.26. The van der Waals surface area contributed by atoms with Crippen LogP contribution in [0.3, 0.4) is 0 Å². The number of amides is 1. The van der Waals surface area contributed by atoms with Gasteiger partial charge in [-0.25, -0.2) is 0 Å². The molecular formula is C22H24N4O3. The van der Waals surface area contributed by atoms with Crippen molar-refractivity contribution < 1.29 is 14.3 Å². The number of nitrogens with one attached hydrogen (secondary N) is 2. The van der Waals surface area contributed by atoms with Crippen LogP contribution < -0.4 is 14.8 Å². The number of rotatable bonds is 7. The first-order chi connectivity index (χ1) is 14.0. The fourth-order valence-corrected chi connectivity index (χ4v) is 2.75. The van der Waals surface area contributed by atoms with Gasteiger partial charge in [0, 0.05) is 12.1 Å². The van der Waals surface area contributed by atoms with Crippen molar-refractivity contribution in [3.8, 4) is 22.9 Å². The maximum atomic E-state index is 12.2. The molecule has 0 spiro atoms. The quantitative estimate of drug-likeness (QED) is 0.586. The summed E-state index contributed by atoms with van der Waals surface area (Å²) < 4.78 is 10.6. The van der Waals surface area contributed by atoms with E-state index >= 15 is 0 Å². The van der Waals surface area contributed by atoms with Gasteiger partial charge in [-0.3, -0.25) is 15.2 Å². The van der Waals surface area contributed by atoms with Crippen LogP contribution >= 0.6 is 0 Å². The average Bonchev–Trinajstić information content (AvgIpc) is 3.20. The summed E-state index contributed by atoms with van der Waals surface area (Å²) >= 11 is 0. The fourth-order valence-electron chi connectivity index (χ4n) is 2.75. The van der Waals surface area contributed by atoms with Crippen molar-refractivity contribution in [2.24, 2.45) is 0 Å². The molecule has 29 heavy (non-hydrogen) atoms. The van der Waals surface area contributed by atoms with E-state index in [9.17, 15) is 4.79 Å². The predicted molar refractivity (Wildman–Crippen MR) is 113 cm³/mol. The zero-order chi connectivity index (χ0) is 20.8. The van der Waals surface area contributed by atoms with Crippen LogP contribution in [-0.4, -0.2) is 35.3 Å². The van der Waals surface area contributed by atoms with Crippen molar-refractivity contribution in [1.82, 2.24) is 15.2 Å². The molecule has 7 heteroatoms. The van der Waals surface area contributed by atoms with Gasteiger partial charge in [0.15, 0.2) is 5.82 Å². The molecule has 0 aliphatic heterocycles. The summed E-state index contributed by atoms with van der Waals surface area (Å²) in [6.07, 6.45) is 3.20. The van der Waals surface area contributed by atoms with E-state index in [-0.39, 0.29) is 11.9 Å². The minimum atomic E-state index is -0.315. The number of H-pyrrole nitrogens is 1. The molecule has 0 saturated heterocycles. The Kier molecular flexibility index (Phi) is 6.29. The zero-order valence-corrected chi connectivity index (χ0v) is 16.9. The van der Waals surface area contributed by atoms with Crippen molar-refractivity contribution in [2.75, 3.05) is 19.5 Å². The Balaban J connectivity index is 1.67. The minimum Gasteiger partial charge on any atom is -0.497 e. The molecule has 3 rings (SSSR count). The number of aromatic amines is 1. The number of hydrogen-bond acceptors (Lipinski definition) is 5.